The number of benzene rings is 1. The lowest BCUT2D eigenvalue weighted by Crippen LogP contribution is -2.52. The van der Waals surface area contributed by atoms with E-state index in [0.29, 0.717) is 71.1 Å². The smallest absolute Gasteiger partial charge is 0.243 e. The van der Waals surface area contributed by atoms with Gasteiger partial charge in [-0.05, 0) is 12.5 Å². The Hall–Kier alpha value is -3.61. The fourth-order valence-electron chi connectivity index (χ4n) is 4.34. The van der Waals surface area contributed by atoms with E-state index in [2.05, 4.69) is 32.4 Å². The zero-order valence-electron chi connectivity index (χ0n) is 20.1. The molecule has 2 aliphatic heterocycles. The Morgan fingerprint density at radius 2 is 2.00 bits per heavy atom. The second kappa shape index (κ2) is 10.4. The van der Waals surface area contributed by atoms with Crippen molar-refractivity contribution in [3.8, 4) is 17.3 Å². The number of methoxy groups -OCH3 is 2. The maximum absolute atomic E-state index is 11.9. The van der Waals surface area contributed by atoms with E-state index >= 15 is 0 Å². The fourth-order valence-corrected chi connectivity index (χ4v) is 5.04. The molecule has 0 bridgehead atoms. The van der Waals surface area contributed by atoms with Crippen LogP contribution in [0.15, 0.2) is 31.2 Å². The summed E-state index contributed by atoms with van der Waals surface area (Å²) < 4.78 is 18.2. The molecule has 2 aromatic heterocycles. The highest BCUT2D eigenvalue weighted by Crippen LogP contribution is 2.49. The second-order valence-electron chi connectivity index (χ2n) is 8.32. The van der Waals surface area contributed by atoms with E-state index in [1.165, 1.54) is 20.3 Å². The summed E-state index contributed by atoms with van der Waals surface area (Å²) in [7, 11) is 3.03. The number of fused-ring (bicyclic) bond motifs is 3. The molecule has 0 unspecified atom stereocenters. The van der Waals surface area contributed by atoms with Crippen LogP contribution in [0, 0.1) is 0 Å². The number of nitrogens with one attached hydrogen (secondary N) is 2. The van der Waals surface area contributed by atoms with Gasteiger partial charge in [-0.2, -0.15) is 4.98 Å². The van der Waals surface area contributed by atoms with Gasteiger partial charge in [0.1, 0.15) is 27.9 Å². The molecule has 194 valence electrons. The van der Waals surface area contributed by atoms with Gasteiger partial charge < -0.3 is 29.7 Å². The summed E-state index contributed by atoms with van der Waals surface area (Å²) in [5.41, 5.74) is 1.24. The minimum Gasteiger partial charge on any atom is -0.495 e. The molecule has 1 fully saturated rings. The number of hydrogen-bond donors (Lipinski definition) is 2. The normalized spacial score (nSPS) is 18.4. The predicted molar refractivity (Wildman–Crippen MR) is 137 cm³/mol. The number of anilines is 3. The first-order chi connectivity index (χ1) is 17.9. The molecule has 14 heteroatoms. The van der Waals surface area contributed by atoms with Gasteiger partial charge in [-0.25, -0.2) is 4.98 Å². The molecule has 12 nitrogen and oxygen atoms in total. The molecule has 0 aliphatic carbocycles. The number of aromatic nitrogens is 5. The number of ether oxygens (including phenoxy) is 3. The third kappa shape index (κ3) is 4.63. The van der Waals surface area contributed by atoms with Gasteiger partial charge >= 0.3 is 0 Å². The summed E-state index contributed by atoms with van der Waals surface area (Å²) >= 11 is 13.4. The molecule has 5 rings (SSSR count). The summed E-state index contributed by atoms with van der Waals surface area (Å²) in [6.45, 7) is 4.77. The number of nitrogens with zero attached hydrogens (tertiary/aromatic N) is 6. The molecule has 3 aromatic rings. The van der Waals surface area contributed by atoms with E-state index in [-0.39, 0.29) is 18.0 Å². The second-order valence-corrected chi connectivity index (χ2v) is 9.08. The molecule has 4 heterocycles. The highest BCUT2D eigenvalue weighted by molar-refractivity contribution is 6.41. The average molecular weight is 547 g/mol. The van der Waals surface area contributed by atoms with E-state index in [1.54, 1.807) is 28.1 Å². The van der Waals surface area contributed by atoms with Crippen molar-refractivity contribution in [2.45, 2.75) is 25.0 Å². The topological polar surface area (TPSA) is 129 Å². The zero-order valence-corrected chi connectivity index (χ0v) is 21.6. The molecule has 2 N–H and O–H groups in total. The van der Waals surface area contributed by atoms with Crippen LogP contribution in [-0.4, -0.2) is 70.2 Å². The molecule has 37 heavy (non-hydrogen) atoms. The van der Waals surface area contributed by atoms with Crippen LogP contribution in [0.3, 0.4) is 0 Å². The van der Waals surface area contributed by atoms with Crippen LogP contribution in [0.25, 0.3) is 5.82 Å². The van der Waals surface area contributed by atoms with Gasteiger partial charge in [-0.15, -0.1) is 10.2 Å². The number of rotatable bonds is 7. The minimum atomic E-state index is -0.245. The van der Waals surface area contributed by atoms with Gasteiger partial charge in [0.25, 0.3) is 0 Å². The van der Waals surface area contributed by atoms with Gasteiger partial charge in [0.15, 0.2) is 5.82 Å². The zero-order chi connectivity index (χ0) is 26.1. The van der Waals surface area contributed by atoms with Crippen molar-refractivity contribution in [2.24, 2.45) is 0 Å². The SMILES string of the molecule is C=CC(=O)N[C@H]1CCOC[C@H]1Nc1ncc2c(n1)-n1cnnc1N(c1c(Cl)c(OC)cc(OC)c1Cl)C2. The Labute approximate surface area is 222 Å². The quantitative estimate of drug-likeness (QED) is 0.426. The molecule has 1 aromatic carbocycles. The van der Waals surface area contributed by atoms with Crippen LogP contribution in [0.1, 0.15) is 12.0 Å². The van der Waals surface area contributed by atoms with Crippen molar-refractivity contribution in [1.82, 2.24) is 30.0 Å². The highest BCUT2D eigenvalue weighted by Gasteiger charge is 2.33. The van der Waals surface area contributed by atoms with E-state index in [4.69, 9.17) is 42.4 Å². The molecule has 0 spiro atoms. The Bertz CT molecular complexity index is 1320. The van der Waals surface area contributed by atoms with Crippen molar-refractivity contribution in [3.63, 3.8) is 0 Å². The van der Waals surface area contributed by atoms with Gasteiger partial charge in [0, 0.05) is 24.4 Å². The molecule has 0 radical (unpaired) electrons. The monoisotopic (exact) mass is 546 g/mol. The summed E-state index contributed by atoms with van der Waals surface area (Å²) in [4.78, 5) is 22.9. The summed E-state index contributed by atoms with van der Waals surface area (Å²) in [6, 6.07) is 1.24. The van der Waals surface area contributed by atoms with E-state index in [9.17, 15) is 4.79 Å². The summed E-state index contributed by atoms with van der Waals surface area (Å²) in [5.74, 6) is 1.98. The lowest BCUT2D eigenvalue weighted by atomic mass is 10.0. The van der Waals surface area contributed by atoms with E-state index in [0.717, 1.165) is 5.56 Å². The number of carbonyl (C=O) groups is 1. The largest absolute Gasteiger partial charge is 0.495 e. The first-order valence-electron chi connectivity index (χ1n) is 11.4. The third-order valence-corrected chi connectivity index (χ3v) is 6.90. The lowest BCUT2D eigenvalue weighted by Gasteiger charge is -2.33. The van der Waals surface area contributed by atoms with E-state index in [1.807, 2.05) is 0 Å². The molecule has 2 aliphatic rings. The summed E-state index contributed by atoms with van der Waals surface area (Å²) in [5, 5.41) is 15.2. The third-order valence-electron chi connectivity index (χ3n) is 6.17. The predicted octanol–water partition coefficient (Wildman–Crippen LogP) is 2.90. The number of hydrogen-bond acceptors (Lipinski definition) is 10. The minimum absolute atomic E-state index is 0.160. The molecule has 2 atom stereocenters. The van der Waals surface area contributed by atoms with Crippen LogP contribution in [0.5, 0.6) is 11.5 Å². The van der Waals surface area contributed by atoms with Crippen LogP contribution in [0.4, 0.5) is 17.6 Å². The number of halogens is 2. The Balaban J connectivity index is 1.48. The van der Waals surface area contributed by atoms with Crippen LogP contribution in [-0.2, 0) is 16.1 Å². The Morgan fingerprint density at radius 1 is 1.24 bits per heavy atom. The Morgan fingerprint density at radius 3 is 2.70 bits per heavy atom. The fraction of sp³-hybridized carbons (Fsp3) is 0.348. The molecular formula is C23H24Cl2N8O4. The maximum atomic E-state index is 11.9. The van der Waals surface area contributed by atoms with Crippen LogP contribution < -0.4 is 25.0 Å². The summed E-state index contributed by atoms with van der Waals surface area (Å²) in [6.07, 6.45) is 5.16. The Kier molecular flexibility index (Phi) is 7.04. The molecule has 1 amide bonds. The van der Waals surface area contributed by atoms with Gasteiger partial charge in [-0.3, -0.25) is 9.36 Å². The van der Waals surface area contributed by atoms with E-state index < -0.39 is 0 Å². The van der Waals surface area contributed by atoms with Gasteiger partial charge in [0.2, 0.25) is 17.8 Å². The molecule has 1 saturated heterocycles. The lowest BCUT2D eigenvalue weighted by molar-refractivity contribution is -0.117. The van der Waals surface area contributed by atoms with Crippen molar-refractivity contribution < 1.29 is 19.0 Å². The maximum Gasteiger partial charge on any atom is 0.243 e. The van der Waals surface area contributed by atoms with Crippen molar-refractivity contribution >= 4 is 46.7 Å². The first-order valence-corrected chi connectivity index (χ1v) is 12.1. The van der Waals surface area contributed by atoms with Crippen LogP contribution in [0.2, 0.25) is 10.0 Å². The number of amides is 1. The average Bonchev–Trinajstić information content (AvgIpc) is 3.41. The van der Waals surface area contributed by atoms with Gasteiger partial charge in [-0.1, -0.05) is 29.8 Å². The molecule has 0 saturated carbocycles. The van der Waals surface area contributed by atoms with Crippen LogP contribution >= 0.6 is 23.2 Å². The van der Waals surface area contributed by atoms with Crippen molar-refractivity contribution in [3.05, 3.63) is 46.9 Å². The number of carbonyl (C=O) groups excluding carboxylic acids is 1. The highest BCUT2D eigenvalue weighted by atomic mass is 35.5. The van der Waals surface area contributed by atoms with Crippen molar-refractivity contribution in [1.29, 1.82) is 0 Å². The van der Waals surface area contributed by atoms with Crippen molar-refractivity contribution in [2.75, 3.05) is 37.7 Å². The standard InChI is InChI=1S/C23H24Cl2N8O4/c1-4-17(34)28-13-5-6-37-10-14(13)29-22-26-8-12-9-32(23-31-27-11-33(23)21(12)30-22)20-18(24)15(35-2)7-16(36-3)19(20)25/h4,7-8,11,13-14H,1,5-6,9-10H2,2-3H3,(H,28,34)(H,26,29,30)/t13-,14+/m0/s1. The first kappa shape index (κ1) is 25.1. The van der Waals surface area contributed by atoms with Gasteiger partial charge in [0.05, 0.1) is 45.1 Å². The molecular weight excluding hydrogens is 523 g/mol.